The summed E-state index contributed by atoms with van der Waals surface area (Å²) < 4.78 is 10.2. The van der Waals surface area contributed by atoms with Crippen LogP contribution in [0.5, 0.6) is 0 Å². The number of rotatable bonds is 21. The maximum Gasteiger partial charge on any atom is 0.317 e. The lowest BCUT2D eigenvalue weighted by molar-refractivity contribution is -0.157. The van der Waals surface area contributed by atoms with E-state index in [1.54, 1.807) is 0 Å². The van der Waals surface area contributed by atoms with Crippen LogP contribution in [0.15, 0.2) is 0 Å². The molecule has 0 N–H and O–H groups in total. The average molecular weight is 413 g/mol. The first-order chi connectivity index (χ1) is 14.1. The molecular formula is C25H48O4. The fourth-order valence-electron chi connectivity index (χ4n) is 3.35. The Morgan fingerprint density at radius 2 is 1.03 bits per heavy atom. The van der Waals surface area contributed by atoms with Gasteiger partial charge in [0.25, 0.3) is 0 Å². The van der Waals surface area contributed by atoms with Crippen LogP contribution in [0.2, 0.25) is 0 Å². The third-order valence-corrected chi connectivity index (χ3v) is 5.46. The maximum absolute atomic E-state index is 11.6. The molecule has 0 bridgehead atoms. The Bertz CT molecular complexity index is 381. The van der Waals surface area contributed by atoms with Crippen molar-refractivity contribution in [2.75, 3.05) is 6.61 Å². The van der Waals surface area contributed by atoms with Crippen LogP contribution in [0.3, 0.4) is 0 Å². The van der Waals surface area contributed by atoms with Gasteiger partial charge >= 0.3 is 11.9 Å². The summed E-state index contributed by atoms with van der Waals surface area (Å²) in [6.07, 6.45) is 21.5. The summed E-state index contributed by atoms with van der Waals surface area (Å²) >= 11 is 0. The highest BCUT2D eigenvalue weighted by atomic mass is 16.6. The topological polar surface area (TPSA) is 52.6 Å². The molecule has 172 valence electrons. The van der Waals surface area contributed by atoms with E-state index in [2.05, 4.69) is 6.92 Å². The van der Waals surface area contributed by atoms with Crippen molar-refractivity contribution in [3.05, 3.63) is 0 Å². The Morgan fingerprint density at radius 3 is 1.45 bits per heavy atom. The molecule has 0 rings (SSSR count). The standard InChI is InChI=1S/C25H48O4/c1-4-6-7-8-9-10-11-12-13-14-15-16-17-18-19-20-21-28-24(26)22-25(27)29-23(3)5-2/h23H,4-22H2,1-3H3. The molecule has 0 aromatic carbocycles. The third kappa shape index (κ3) is 21.5. The fourth-order valence-corrected chi connectivity index (χ4v) is 3.35. The summed E-state index contributed by atoms with van der Waals surface area (Å²) in [4.78, 5) is 23.0. The van der Waals surface area contributed by atoms with Gasteiger partial charge in [-0.25, -0.2) is 0 Å². The van der Waals surface area contributed by atoms with Gasteiger partial charge in [-0.3, -0.25) is 9.59 Å². The quantitative estimate of drug-likeness (QED) is 0.111. The Labute approximate surface area is 180 Å². The summed E-state index contributed by atoms with van der Waals surface area (Å²) in [6.45, 7) is 6.44. The zero-order valence-electron chi connectivity index (χ0n) is 19.6. The Balaban J connectivity index is 3.23. The van der Waals surface area contributed by atoms with E-state index < -0.39 is 11.9 Å². The van der Waals surface area contributed by atoms with E-state index in [1.165, 1.54) is 89.9 Å². The first-order valence-electron chi connectivity index (χ1n) is 12.4. The number of esters is 2. The molecule has 0 spiro atoms. The lowest BCUT2D eigenvalue weighted by atomic mass is 10.0. The van der Waals surface area contributed by atoms with E-state index in [9.17, 15) is 9.59 Å². The maximum atomic E-state index is 11.6. The molecule has 0 amide bonds. The van der Waals surface area contributed by atoms with Gasteiger partial charge in [0, 0.05) is 0 Å². The molecule has 29 heavy (non-hydrogen) atoms. The van der Waals surface area contributed by atoms with E-state index in [1.807, 2.05) is 13.8 Å². The second kappa shape index (κ2) is 21.6. The van der Waals surface area contributed by atoms with Crippen LogP contribution in [0, 0.1) is 0 Å². The molecule has 0 aromatic heterocycles. The molecule has 4 heteroatoms. The number of carbonyl (C=O) groups excluding carboxylic acids is 2. The van der Waals surface area contributed by atoms with Gasteiger partial charge in [-0.15, -0.1) is 0 Å². The third-order valence-electron chi connectivity index (χ3n) is 5.46. The van der Waals surface area contributed by atoms with Crippen LogP contribution >= 0.6 is 0 Å². The summed E-state index contributed by atoms with van der Waals surface area (Å²) in [5.74, 6) is -0.962. The first kappa shape index (κ1) is 27.9. The zero-order valence-corrected chi connectivity index (χ0v) is 19.6. The predicted octanol–water partition coefficient (Wildman–Crippen LogP) is 7.52. The number of hydrogen-bond donors (Lipinski definition) is 0. The van der Waals surface area contributed by atoms with E-state index >= 15 is 0 Å². The Morgan fingerprint density at radius 1 is 0.621 bits per heavy atom. The normalized spacial score (nSPS) is 12.0. The van der Waals surface area contributed by atoms with Gasteiger partial charge < -0.3 is 9.47 Å². The van der Waals surface area contributed by atoms with Gasteiger partial charge in [0.1, 0.15) is 6.42 Å². The van der Waals surface area contributed by atoms with E-state index in [0.29, 0.717) is 6.61 Å². The Hall–Kier alpha value is -1.06. The zero-order chi connectivity index (χ0) is 21.6. The second-order valence-electron chi connectivity index (χ2n) is 8.41. The van der Waals surface area contributed by atoms with E-state index in [-0.39, 0.29) is 12.5 Å². The van der Waals surface area contributed by atoms with Crippen LogP contribution in [0.4, 0.5) is 0 Å². The SMILES string of the molecule is CCCCCCCCCCCCCCCCCCOC(=O)CC(=O)OC(C)CC. The molecular weight excluding hydrogens is 364 g/mol. The van der Waals surface area contributed by atoms with Crippen LogP contribution in [0.25, 0.3) is 0 Å². The molecule has 0 heterocycles. The molecule has 4 nitrogen and oxygen atoms in total. The van der Waals surface area contributed by atoms with Crippen molar-refractivity contribution in [2.24, 2.45) is 0 Å². The summed E-state index contributed by atoms with van der Waals surface area (Å²) in [5.41, 5.74) is 0. The Kier molecular flexibility index (Phi) is 20.9. The molecule has 0 aliphatic rings. The van der Waals surface area contributed by atoms with Crippen molar-refractivity contribution in [1.29, 1.82) is 0 Å². The largest absolute Gasteiger partial charge is 0.465 e. The molecule has 0 aromatic rings. The average Bonchev–Trinajstić information content (AvgIpc) is 2.70. The van der Waals surface area contributed by atoms with Crippen molar-refractivity contribution >= 4 is 11.9 Å². The molecule has 1 atom stereocenters. The summed E-state index contributed by atoms with van der Waals surface area (Å²) in [5, 5.41) is 0. The minimum absolute atomic E-state index is 0.143. The van der Waals surface area contributed by atoms with Gasteiger partial charge in [0.2, 0.25) is 0 Å². The van der Waals surface area contributed by atoms with Gasteiger partial charge in [0.05, 0.1) is 12.7 Å². The second-order valence-corrected chi connectivity index (χ2v) is 8.41. The van der Waals surface area contributed by atoms with Crippen molar-refractivity contribution in [2.45, 2.75) is 142 Å². The smallest absolute Gasteiger partial charge is 0.317 e. The molecule has 0 aliphatic heterocycles. The van der Waals surface area contributed by atoms with E-state index in [0.717, 1.165) is 19.3 Å². The van der Waals surface area contributed by atoms with Crippen LogP contribution in [0.1, 0.15) is 136 Å². The van der Waals surface area contributed by atoms with Gasteiger partial charge in [-0.2, -0.15) is 0 Å². The highest BCUT2D eigenvalue weighted by Gasteiger charge is 2.14. The highest BCUT2D eigenvalue weighted by molar-refractivity contribution is 5.91. The molecule has 0 radical (unpaired) electrons. The van der Waals surface area contributed by atoms with Crippen LogP contribution in [-0.2, 0) is 19.1 Å². The minimum atomic E-state index is -0.490. The van der Waals surface area contributed by atoms with Gasteiger partial charge in [-0.1, -0.05) is 110 Å². The highest BCUT2D eigenvalue weighted by Crippen LogP contribution is 2.13. The monoisotopic (exact) mass is 412 g/mol. The molecule has 0 saturated carbocycles. The van der Waals surface area contributed by atoms with Crippen molar-refractivity contribution in [3.8, 4) is 0 Å². The van der Waals surface area contributed by atoms with Gasteiger partial charge in [-0.05, 0) is 19.8 Å². The van der Waals surface area contributed by atoms with Crippen molar-refractivity contribution < 1.29 is 19.1 Å². The number of unbranched alkanes of at least 4 members (excludes halogenated alkanes) is 15. The molecule has 0 saturated heterocycles. The number of hydrogen-bond acceptors (Lipinski definition) is 4. The summed E-state index contributed by atoms with van der Waals surface area (Å²) in [6, 6.07) is 0. The van der Waals surface area contributed by atoms with Crippen LogP contribution < -0.4 is 0 Å². The number of carbonyl (C=O) groups is 2. The van der Waals surface area contributed by atoms with E-state index in [4.69, 9.17) is 9.47 Å². The van der Waals surface area contributed by atoms with Crippen LogP contribution in [-0.4, -0.2) is 24.6 Å². The lowest BCUT2D eigenvalue weighted by Crippen LogP contribution is -2.18. The van der Waals surface area contributed by atoms with Crippen molar-refractivity contribution in [1.82, 2.24) is 0 Å². The van der Waals surface area contributed by atoms with Gasteiger partial charge in [0.15, 0.2) is 0 Å². The molecule has 1 unspecified atom stereocenters. The summed E-state index contributed by atoms with van der Waals surface area (Å²) in [7, 11) is 0. The predicted molar refractivity (Wildman–Crippen MR) is 121 cm³/mol. The van der Waals surface area contributed by atoms with Crippen molar-refractivity contribution in [3.63, 3.8) is 0 Å². The first-order valence-corrected chi connectivity index (χ1v) is 12.4. The number of ether oxygens (including phenoxy) is 2. The minimum Gasteiger partial charge on any atom is -0.465 e. The molecule has 0 fully saturated rings. The lowest BCUT2D eigenvalue weighted by Gasteiger charge is -2.10. The molecule has 0 aliphatic carbocycles. The fraction of sp³-hybridized carbons (Fsp3) is 0.920.